The molecule has 0 amide bonds. The lowest BCUT2D eigenvalue weighted by Crippen LogP contribution is -2.41. The summed E-state index contributed by atoms with van der Waals surface area (Å²) in [5.41, 5.74) is 5.82. The molecule has 0 bridgehead atoms. The minimum Gasteiger partial charge on any atom is -0.328 e. The lowest BCUT2D eigenvalue weighted by atomic mass is 9.92. The van der Waals surface area contributed by atoms with E-state index in [-0.39, 0.29) is 22.0 Å². The second-order valence-electron chi connectivity index (χ2n) is 5.16. The number of benzene rings is 1. The summed E-state index contributed by atoms with van der Waals surface area (Å²) in [6, 6.07) is 3.39. The summed E-state index contributed by atoms with van der Waals surface area (Å²) in [7, 11) is -2.28. The van der Waals surface area contributed by atoms with Gasteiger partial charge in [-0.25, -0.2) is 12.8 Å². The molecule has 0 atom stereocenters. The van der Waals surface area contributed by atoms with E-state index in [1.165, 1.54) is 17.4 Å². The van der Waals surface area contributed by atoms with Gasteiger partial charge in [-0.3, -0.25) is 0 Å². The molecule has 112 valence electrons. The molecule has 1 aromatic rings. The molecule has 0 unspecified atom stereocenters. The smallest absolute Gasteiger partial charge is 0.244 e. The molecule has 1 fully saturated rings. The van der Waals surface area contributed by atoms with Crippen molar-refractivity contribution in [3.63, 3.8) is 0 Å². The van der Waals surface area contributed by atoms with Crippen LogP contribution in [0.15, 0.2) is 23.1 Å². The van der Waals surface area contributed by atoms with Crippen molar-refractivity contribution in [2.24, 2.45) is 5.73 Å². The SMILES string of the molecule is CN(C1CCC(N)CC1)S(=O)(=O)c1cc(F)ccc1Cl. The van der Waals surface area contributed by atoms with Crippen molar-refractivity contribution in [3.8, 4) is 0 Å². The molecule has 4 nitrogen and oxygen atoms in total. The van der Waals surface area contributed by atoms with Gasteiger partial charge < -0.3 is 5.73 Å². The van der Waals surface area contributed by atoms with Crippen LogP contribution in [0.1, 0.15) is 25.7 Å². The zero-order valence-corrected chi connectivity index (χ0v) is 12.8. The fraction of sp³-hybridized carbons (Fsp3) is 0.538. The number of sulfonamides is 1. The standard InChI is InChI=1S/C13H18ClFN2O2S/c1-17(11-5-3-10(16)4-6-11)20(18,19)13-8-9(15)2-7-12(13)14/h2,7-8,10-11H,3-6,16H2,1H3. The molecule has 7 heteroatoms. The maximum absolute atomic E-state index is 13.3. The highest BCUT2D eigenvalue weighted by molar-refractivity contribution is 7.89. The molecule has 0 saturated heterocycles. The van der Waals surface area contributed by atoms with E-state index in [1.54, 1.807) is 0 Å². The van der Waals surface area contributed by atoms with Gasteiger partial charge in [0.15, 0.2) is 0 Å². The Hall–Kier alpha value is -0.690. The van der Waals surface area contributed by atoms with Gasteiger partial charge in [-0.05, 0) is 43.9 Å². The van der Waals surface area contributed by atoms with Gasteiger partial charge in [-0.2, -0.15) is 4.31 Å². The molecular weight excluding hydrogens is 303 g/mol. The zero-order chi connectivity index (χ0) is 14.9. The van der Waals surface area contributed by atoms with Crippen LogP contribution in [0.5, 0.6) is 0 Å². The quantitative estimate of drug-likeness (QED) is 0.930. The van der Waals surface area contributed by atoms with E-state index in [9.17, 15) is 12.8 Å². The summed E-state index contributed by atoms with van der Waals surface area (Å²) in [4.78, 5) is -0.184. The Kier molecular flexibility index (Phi) is 4.69. The Balaban J connectivity index is 2.27. The number of nitrogens with zero attached hydrogens (tertiary/aromatic N) is 1. The highest BCUT2D eigenvalue weighted by Crippen LogP contribution is 2.29. The molecule has 0 radical (unpaired) electrons. The van der Waals surface area contributed by atoms with Gasteiger partial charge in [0.1, 0.15) is 10.7 Å². The molecule has 2 rings (SSSR count). The van der Waals surface area contributed by atoms with Gasteiger partial charge in [0.05, 0.1) is 5.02 Å². The predicted molar refractivity (Wildman–Crippen MR) is 76.6 cm³/mol. The molecule has 2 N–H and O–H groups in total. The molecule has 1 aromatic carbocycles. The molecular formula is C13H18ClFN2O2S. The average Bonchev–Trinajstić information content (AvgIpc) is 2.41. The van der Waals surface area contributed by atoms with Gasteiger partial charge in [0.2, 0.25) is 10.0 Å². The first-order valence-corrected chi connectivity index (χ1v) is 8.33. The number of nitrogens with two attached hydrogens (primary N) is 1. The minimum absolute atomic E-state index is 0.0331. The van der Waals surface area contributed by atoms with Crippen LogP contribution in [0, 0.1) is 5.82 Å². The number of hydrogen-bond donors (Lipinski definition) is 1. The maximum atomic E-state index is 13.3. The van der Waals surface area contributed by atoms with Gasteiger partial charge >= 0.3 is 0 Å². The van der Waals surface area contributed by atoms with Crippen molar-refractivity contribution in [2.45, 2.75) is 42.7 Å². The van der Waals surface area contributed by atoms with E-state index in [4.69, 9.17) is 17.3 Å². The summed E-state index contributed by atoms with van der Waals surface area (Å²) in [5.74, 6) is -0.618. The van der Waals surface area contributed by atoms with Crippen LogP contribution in [-0.4, -0.2) is 31.9 Å². The second kappa shape index (κ2) is 5.97. The normalized spacial score (nSPS) is 24.1. The Morgan fingerprint density at radius 3 is 2.50 bits per heavy atom. The van der Waals surface area contributed by atoms with Crippen molar-refractivity contribution in [1.29, 1.82) is 0 Å². The summed E-state index contributed by atoms with van der Waals surface area (Å²) >= 11 is 5.89. The van der Waals surface area contributed by atoms with E-state index >= 15 is 0 Å². The highest BCUT2D eigenvalue weighted by atomic mass is 35.5. The van der Waals surface area contributed by atoms with Crippen LogP contribution in [0.4, 0.5) is 4.39 Å². The van der Waals surface area contributed by atoms with Crippen LogP contribution >= 0.6 is 11.6 Å². The first-order chi connectivity index (χ1) is 9.32. The molecule has 1 aliphatic rings. The van der Waals surface area contributed by atoms with Crippen molar-refractivity contribution in [3.05, 3.63) is 29.0 Å². The molecule has 1 aliphatic carbocycles. The third-order valence-corrected chi connectivity index (χ3v) is 6.20. The molecule has 0 aromatic heterocycles. The highest BCUT2D eigenvalue weighted by Gasteiger charge is 2.32. The molecule has 1 saturated carbocycles. The predicted octanol–water partition coefficient (Wildman–Crippen LogP) is 2.37. The molecule has 0 aliphatic heterocycles. The van der Waals surface area contributed by atoms with Gasteiger partial charge in [-0.15, -0.1) is 0 Å². The number of halogens is 2. The first kappa shape index (κ1) is 15.7. The average molecular weight is 321 g/mol. The molecule has 0 spiro atoms. The van der Waals surface area contributed by atoms with Crippen LogP contribution in [0.3, 0.4) is 0 Å². The van der Waals surface area contributed by atoms with E-state index in [1.807, 2.05) is 0 Å². The largest absolute Gasteiger partial charge is 0.328 e. The van der Waals surface area contributed by atoms with Crippen molar-refractivity contribution in [1.82, 2.24) is 4.31 Å². The number of rotatable bonds is 3. The van der Waals surface area contributed by atoms with E-state index < -0.39 is 15.8 Å². The van der Waals surface area contributed by atoms with Crippen LogP contribution in [-0.2, 0) is 10.0 Å². The number of hydrogen-bond acceptors (Lipinski definition) is 3. The fourth-order valence-corrected chi connectivity index (χ4v) is 4.39. The fourth-order valence-electron chi connectivity index (χ4n) is 2.49. The van der Waals surface area contributed by atoms with Crippen LogP contribution in [0.2, 0.25) is 5.02 Å². The maximum Gasteiger partial charge on any atom is 0.244 e. The van der Waals surface area contributed by atoms with Crippen molar-refractivity contribution >= 4 is 21.6 Å². The zero-order valence-electron chi connectivity index (χ0n) is 11.2. The minimum atomic E-state index is -3.79. The summed E-state index contributed by atoms with van der Waals surface area (Å²) in [6.07, 6.45) is 3.01. The Bertz CT molecular complexity index is 586. The summed E-state index contributed by atoms with van der Waals surface area (Å²) in [5, 5.41) is 0.0331. The van der Waals surface area contributed by atoms with Crippen LogP contribution < -0.4 is 5.73 Å². The van der Waals surface area contributed by atoms with E-state index in [0.717, 1.165) is 25.0 Å². The van der Waals surface area contributed by atoms with Crippen LogP contribution in [0.25, 0.3) is 0 Å². The van der Waals surface area contributed by atoms with Gasteiger partial charge in [0, 0.05) is 19.1 Å². The topological polar surface area (TPSA) is 63.4 Å². The first-order valence-electron chi connectivity index (χ1n) is 6.51. The Labute approximate surface area is 123 Å². The monoisotopic (exact) mass is 320 g/mol. The van der Waals surface area contributed by atoms with Crippen molar-refractivity contribution < 1.29 is 12.8 Å². The van der Waals surface area contributed by atoms with Crippen molar-refractivity contribution in [2.75, 3.05) is 7.05 Å². The lowest BCUT2D eigenvalue weighted by Gasteiger charge is -2.32. The third-order valence-electron chi connectivity index (χ3n) is 3.81. The molecule has 0 heterocycles. The second-order valence-corrected chi connectivity index (χ2v) is 7.54. The lowest BCUT2D eigenvalue weighted by molar-refractivity contribution is 0.268. The third kappa shape index (κ3) is 3.14. The Morgan fingerprint density at radius 2 is 1.90 bits per heavy atom. The van der Waals surface area contributed by atoms with Gasteiger partial charge in [-0.1, -0.05) is 11.6 Å². The molecule has 20 heavy (non-hydrogen) atoms. The van der Waals surface area contributed by atoms with E-state index in [2.05, 4.69) is 0 Å². The Morgan fingerprint density at radius 1 is 1.30 bits per heavy atom. The summed E-state index contributed by atoms with van der Waals surface area (Å²) in [6.45, 7) is 0. The van der Waals surface area contributed by atoms with Gasteiger partial charge in [0.25, 0.3) is 0 Å². The van der Waals surface area contributed by atoms with E-state index in [0.29, 0.717) is 12.8 Å². The summed E-state index contributed by atoms with van der Waals surface area (Å²) < 4.78 is 39.6.